The number of aryl methyl sites for hydroxylation is 1. The van der Waals surface area contributed by atoms with E-state index < -0.39 is 0 Å². The standard InChI is InChI=1S/C17H21N5S/c1-13-17(23-12-18-13)8-11-21-9-6-14(7-10-21)22-16-5-3-2-4-15(16)19-20-22/h2-5,12,14H,6-11H2,1H3. The highest BCUT2D eigenvalue weighted by Gasteiger charge is 2.22. The molecule has 4 rings (SSSR count). The summed E-state index contributed by atoms with van der Waals surface area (Å²) in [6, 6.07) is 8.71. The summed E-state index contributed by atoms with van der Waals surface area (Å²) in [5.41, 5.74) is 5.30. The summed E-state index contributed by atoms with van der Waals surface area (Å²) < 4.78 is 2.13. The molecule has 5 nitrogen and oxygen atoms in total. The smallest absolute Gasteiger partial charge is 0.113 e. The molecule has 0 bridgehead atoms. The van der Waals surface area contributed by atoms with E-state index in [9.17, 15) is 0 Å². The molecule has 3 aromatic rings. The van der Waals surface area contributed by atoms with E-state index in [1.54, 1.807) is 11.3 Å². The lowest BCUT2D eigenvalue weighted by molar-refractivity contribution is 0.183. The zero-order valence-electron chi connectivity index (χ0n) is 13.4. The minimum atomic E-state index is 0.476. The highest BCUT2D eigenvalue weighted by Crippen LogP contribution is 2.25. The van der Waals surface area contributed by atoms with Crippen LogP contribution in [0.1, 0.15) is 29.5 Å². The van der Waals surface area contributed by atoms with Gasteiger partial charge in [-0.2, -0.15) is 0 Å². The molecule has 0 spiro atoms. The lowest BCUT2D eigenvalue weighted by atomic mass is 10.0. The Kier molecular flexibility index (Phi) is 4.10. The largest absolute Gasteiger partial charge is 0.303 e. The average molecular weight is 327 g/mol. The lowest BCUT2D eigenvalue weighted by Gasteiger charge is -2.31. The van der Waals surface area contributed by atoms with Crippen molar-refractivity contribution < 1.29 is 0 Å². The number of nitrogens with zero attached hydrogens (tertiary/aromatic N) is 5. The van der Waals surface area contributed by atoms with Gasteiger partial charge in [0.25, 0.3) is 0 Å². The highest BCUT2D eigenvalue weighted by atomic mass is 32.1. The average Bonchev–Trinajstić information content (AvgIpc) is 3.20. The molecule has 23 heavy (non-hydrogen) atoms. The molecule has 1 saturated heterocycles. The number of rotatable bonds is 4. The van der Waals surface area contributed by atoms with Crippen molar-refractivity contribution in [1.29, 1.82) is 0 Å². The van der Waals surface area contributed by atoms with Gasteiger partial charge in [-0.05, 0) is 38.3 Å². The number of fused-ring (bicyclic) bond motifs is 1. The number of aromatic nitrogens is 4. The second-order valence-electron chi connectivity index (χ2n) is 6.21. The zero-order chi connectivity index (χ0) is 15.6. The maximum atomic E-state index is 4.38. The molecule has 0 amide bonds. The number of benzene rings is 1. The van der Waals surface area contributed by atoms with Crippen molar-refractivity contribution in [2.75, 3.05) is 19.6 Å². The van der Waals surface area contributed by atoms with Gasteiger partial charge >= 0.3 is 0 Å². The van der Waals surface area contributed by atoms with Gasteiger partial charge in [0.2, 0.25) is 0 Å². The Balaban J connectivity index is 1.36. The third-order valence-electron chi connectivity index (χ3n) is 4.78. The Hall–Kier alpha value is -1.79. The molecule has 1 aromatic carbocycles. The fourth-order valence-corrected chi connectivity index (χ4v) is 4.14. The molecule has 1 aliphatic heterocycles. The number of likely N-dealkylation sites (tertiary alicyclic amines) is 1. The molecule has 0 N–H and O–H groups in total. The molecule has 0 aliphatic carbocycles. The molecule has 0 atom stereocenters. The fraction of sp³-hybridized carbons (Fsp3) is 0.471. The van der Waals surface area contributed by atoms with Crippen LogP contribution in [0.15, 0.2) is 29.8 Å². The monoisotopic (exact) mass is 327 g/mol. The van der Waals surface area contributed by atoms with E-state index in [1.165, 1.54) is 10.6 Å². The van der Waals surface area contributed by atoms with Gasteiger partial charge in [-0.25, -0.2) is 9.67 Å². The highest BCUT2D eigenvalue weighted by molar-refractivity contribution is 7.09. The number of hydrogen-bond acceptors (Lipinski definition) is 5. The van der Waals surface area contributed by atoms with Crippen molar-refractivity contribution in [2.45, 2.75) is 32.2 Å². The maximum Gasteiger partial charge on any atom is 0.113 e. The van der Waals surface area contributed by atoms with Gasteiger partial charge in [0.1, 0.15) is 5.52 Å². The first-order valence-electron chi connectivity index (χ1n) is 8.22. The maximum absolute atomic E-state index is 4.38. The summed E-state index contributed by atoms with van der Waals surface area (Å²) in [7, 11) is 0. The summed E-state index contributed by atoms with van der Waals surface area (Å²) in [5, 5.41) is 8.67. The van der Waals surface area contributed by atoms with Crippen LogP contribution in [0.4, 0.5) is 0 Å². The second-order valence-corrected chi connectivity index (χ2v) is 7.15. The molecule has 3 heterocycles. The van der Waals surface area contributed by atoms with Crippen LogP contribution in [0.2, 0.25) is 0 Å². The number of para-hydroxylation sites is 1. The Morgan fingerprint density at radius 1 is 1.22 bits per heavy atom. The van der Waals surface area contributed by atoms with Crippen LogP contribution in [0.3, 0.4) is 0 Å². The van der Waals surface area contributed by atoms with E-state index in [0.717, 1.165) is 49.9 Å². The van der Waals surface area contributed by atoms with Crippen molar-refractivity contribution in [3.63, 3.8) is 0 Å². The molecule has 0 radical (unpaired) electrons. The van der Waals surface area contributed by atoms with E-state index in [1.807, 2.05) is 17.6 Å². The van der Waals surface area contributed by atoms with Gasteiger partial charge in [-0.1, -0.05) is 17.3 Å². The van der Waals surface area contributed by atoms with Gasteiger partial charge in [0.15, 0.2) is 0 Å². The first-order valence-corrected chi connectivity index (χ1v) is 9.10. The minimum absolute atomic E-state index is 0.476. The van der Waals surface area contributed by atoms with Crippen LogP contribution >= 0.6 is 11.3 Å². The van der Waals surface area contributed by atoms with Crippen LogP contribution in [0.25, 0.3) is 11.0 Å². The lowest BCUT2D eigenvalue weighted by Crippen LogP contribution is -2.36. The van der Waals surface area contributed by atoms with Crippen molar-refractivity contribution in [3.05, 3.63) is 40.3 Å². The van der Waals surface area contributed by atoms with Crippen molar-refractivity contribution >= 4 is 22.4 Å². The van der Waals surface area contributed by atoms with Crippen molar-refractivity contribution in [3.8, 4) is 0 Å². The molecule has 6 heteroatoms. The normalized spacial score (nSPS) is 17.1. The van der Waals surface area contributed by atoms with Crippen molar-refractivity contribution in [1.82, 2.24) is 24.9 Å². The zero-order valence-corrected chi connectivity index (χ0v) is 14.2. The topological polar surface area (TPSA) is 46.8 Å². The summed E-state index contributed by atoms with van der Waals surface area (Å²) in [5.74, 6) is 0. The third kappa shape index (κ3) is 3.01. The Morgan fingerprint density at radius 3 is 2.83 bits per heavy atom. The van der Waals surface area contributed by atoms with E-state index in [4.69, 9.17) is 0 Å². The summed E-state index contributed by atoms with van der Waals surface area (Å²) in [6.07, 6.45) is 3.41. The Labute approximate surface area is 139 Å². The minimum Gasteiger partial charge on any atom is -0.303 e. The molecule has 0 unspecified atom stereocenters. The molecular formula is C17H21N5S. The van der Waals surface area contributed by atoms with Crippen LogP contribution in [0, 0.1) is 6.92 Å². The van der Waals surface area contributed by atoms with Crippen LogP contribution in [-0.2, 0) is 6.42 Å². The summed E-state index contributed by atoms with van der Waals surface area (Å²) in [6.45, 7) is 5.51. The fourth-order valence-electron chi connectivity index (χ4n) is 3.37. The van der Waals surface area contributed by atoms with Crippen LogP contribution in [0.5, 0.6) is 0 Å². The third-order valence-corrected chi connectivity index (χ3v) is 5.78. The number of thiazole rings is 1. The molecule has 120 valence electrons. The molecule has 1 aliphatic rings. The van der Waals surface area contributed by atoms with Crippen LogP contribution < -0.4 is 0 Å². The SMILES string of the molecule is Cc1ncsc1CCN1CCC(n2nnc3ccccc32)CC1. The van der Waals surface area contributed by atoms with Gasteiger partial charge < -0.3 is 4.90 Å². The van der Waals surface area contributed by atoms with E-state index in [2.05, 4.69) is 43.9 Å². The first kappa shape index (κ1) is 14.8. The van der Waals surface area contributed by atoms with E-state index >= 15 is 0 Å². The van der Waals surface area contributed by atoms with Gasteiger partial charge in [-0.3, -0.25) is 0 Å². The number of piperidine rings is 1. The molecule has 0 saturated carbocycles. The Morgan fingerprint density at radius 2 is 2.04 bits per heavy atom. The van der Waals surface area contributed by atoms with Crippen LogP contribution in [-0.4, -0.2) is 44.5 Å². The van der Waals surface area contributed by atoms with Crippen molar-refractivity contribution in [2.24, 2.45) is 0 Å². The Bertz CT molecular complexity index is 785. The molecule has 2 aromatic heterocycles. The van der Waals surface area contributed by atoms with Gasteiger partial charge in [0.05, 0.1) is 22.8 Å². The summed E-state index contributed by atoms with van der Waals surface area (Å²) >= 11 is 1.78. The van der Waals surface area contributed by atoms with Gasteiger partial charge in [0, 0.05) is 24.5 Å². The summed E-state index contributed by atoms with van der Waals surface area (Å²) in [4.78, 5) is 8.33. The number of hydrogen-bond donors (Lipinski definition) is 0. The van der Waals surface area contributed by atoms with E-state index in [-0.39, 0.29) is 0 Å². The predicted octanol–water partition coefficient (Wildman–Crippen LogP) is 3.08. The van der Waals surface area contributed by atoms with E-state index in [0.29, 0.717) is 6.04 Å². The quantitative estimate of drug-likeness (QED) is 0.739. The molecule has 1 fully saturated rings. The second kappa shape index (κ2) is 6.37. The van der Waals surface area contributed by atoms with Gasteiger partial charge in [-0.15, -0.1) is 16.4 Å². The predicted molar refractivity (Wildman–Crippen MR) is 92.8 cm³/mol. The molecular weight excluding hydrogens is 306 g/mol. The first-order chi connectivity index (χ1) is 11.3.